The van der Waals surface area contributed by atoms with Gasteiger partial charge in [0.05, 0.1) is 0 Å². The minimum Gasteiger partial charge on any atom is -0.298 e. The molecule has 1 aliphatic carbocycles. The lowest BCUT2D eigenvalue weighted by molar-refractivity contribution is 0.112. The lowest BCUT2D eigenvalue weighted by Gasteiger charge is -2.07. The Hall–Kier alpha value is -1.63. The molecule has 0 unspecified atom stereocenters. The van der Waals surface area contributed by atoms with Crippen LogP contribution in [0.15, 0.2) is 30.3 Å². The van der Waals surface area contributed by atoms with E-state index in [9.17, 15) is 4.79 Å². The van der Waals surface area contributed by atoms with Crippen LogP contribution >= 0.6 is 0 Å². The lowest BCUT2D eigenvalue weighted by atomic mass is 9.96. The highest BCUT2D eigenvalue weighted by Gasteiger charge is 2.16. The van der Waals surface area contributed by atoms with Gasteiger partial charge in [-0.05, 0) is 41.2 Å². The molecule has 0 heterocycles. The van der Waals surface area contributed by atoms with Gasteiger partial charge in [-0.2, -0.15) is 0 Å². The summed E-state index contributed by atoms with van der Waals surface area (Å²) in [5.41, 5.74) is 3.57. The molecule has 0 saturated carbocycles. The van der Waals surface area contributed by atoms with Gasteiger partial charge in [-0.1, -0.05) is 30.3 Å². The molecule has 0 aliphatic heterocycles. The van der Waals surface area contributed by atoms with Gasteiger partial charge in [-0.15, -0.1) is 0 Å². The number of hydrogen-bond donors (Lipinski definition) is 0. The first-order chi connectivity index (χ1) is 7.40. The molecule has 15 heavy (non-hydrogen) atoms. The summed E-state index contributed by atoms with van der Waals surface area (Å²) in [7, 11) is 0. The number of carbonyl (C=O) groups excluding carboxylic acids is 1. The topological polar surface area (TPSA) is 17.1 Å². The number of fused-ring (bicyclic) bond motifs is 2. The Morgan fingerprint density at radius 1 is 1.13 bits per heavy atom. The van der Waals surface area contributed by atoms with Gasteiger partial charge in [-0.25, -0.2) is 0 Å². The SMILES string of the molecule is O=Cc1c2c(cc3ccccc13)CCC2. The first-order valence-electron chi connectivity index (χ1n) is 5.39. The van der Waals surface area contributed by atoms with Crippen LogP contribution in [0.25, 0.3) is 10.8 Å². The van der Waals surface area contributed by atoms with Crippen molar-refractivity contribution in [2.75, 3.05) is 0 Å². The maximum atomic E-state index is 11.2. The molecule has 3 rings (SSSR count). The Morgan fingerprint density at radius 2 is 2.00 bits per heavy atom. The summed E-state index contributed by atoms with van der Waals surface area (Å²) in [5.74, 6) is 0. The van der Waals surface area contributed by atoms with Crippen LogP contribution in [0.1, 0.15) is 27.9 Å². The molecular formula is C14H12O. The quantitative estimate of drug-likeness (QED) is 0.640. The smallest absolute Gasteiger partial charge is 0.150 e. The summed E-state index contributed by atoms with van der Waals surface area (Å²) >= 11 is 0. The third-order valence-corrected chi connectivity index (χ3v) is 3.28. The number of benzene rings is 2. The lowest BCUT2D eigenvalue weighted by Crippen LogP contribution is -1.93. The van der Waals surface area contributed by atoms with Crippen molar-refractivity contribution in [1.82, 2.24) is 0 Å². The highest BCUT2D eigenvalue weighted by molar-refractivity contribution is 6.00. The van der Waals surface area contributed by atoms with Gasteiger partial charge < -0.3 is 0 Å². The van der Waals surface area contributed by atoms with Gasteiger partial charge in [0.2, 0.25) is 0 Å². The fraction of sp³-hybridized carbons (Fsp3) is 0.214. The first kappa shape index (κ1) is 8.66. The van der Waals surface area contributed by atoms with Crippen molar-refractivity contribution in [3.05, 3.63) is 47.0 Å². The maximum Gasteiger partial charge on any atom is 0.150 e. The van der Waals surface area contributed by atoms with E-state index in [4.69, 9.17) is 0 Å². The molecule has 0 atom stereocenters. The highest BCUT2D eigenvalue weighted by Crippen LogP contribution is 2.30. The number of aryl methyl sites for hydroxylation is 1. The average Bonchev–Trinajstić information content (AvgIpc) is 2.73. The van der Waals surface area contributed by atoms with Crippen molar-refractivity contribution in [1.29, 1.82) is 0 Å². The predicted molar refractivity (Wildman–Crippen MR) is 61.4 cm³/mol. The fourth-order valence-electron chi connectivity index (χ4n) is 2.59. The molecule has 1 aliphatic rings. The van der Waals surface area contributed by atoms with Crippen LogP contribution in [0, 0.1) is 0 Å². The Morgan fingerprint density at radius 3 is 2.87 bits per heavy atom. The number of hydrogen-bond acceptors (Lipinski definition) is 1. The van der Waals surface area contributed by atoms with Gasteiger partial charge in [0.15, 0.2) is 6.29 Å². The van der Waals surface area contributed by atoms with Crippen LogP contribution in [0.5, 0.6) is 0 Å². The van der Waals surface area contributed by atoms with Crippen LogP contribution in [0.4, 0.5) is 0 Å². The monoisotopic (exact) mass is 196 g/mol. The van der Waals surface area contributed by atoms with E-state index in [1.165, 1.54) is 22.9 Å². The summed E-state index contributed by atoms with van der Waals surface area (Å²) in [4.78, 5) is 11.2. The largest absolute Gasteiger partial charge is 0.298 e. The van der Waals surface area contributed by atoms with Crippen molar-refractivity contribution < 1.29 is 4.79 Å². The third kappa shape index (κ3) is 1.19. The molecule has 0 saturated heterocycles. The summed E-state index contributed by atoms with van der Waals surface area (Å²) in [6, 6.07) is 10.4. The van der Waals surface area contributed by atoms with Crippen LogP contribution in [-0.4, -0.2) is 6.29 Å². The molecule has 0 aromatic heterocycles. The molecule has 1 nitrogen and oxygen atoms in total. The van der Waals surface area contributed by atoms with Crippen LogP contribution in [-0.2, 0) is 12.8 Å². The zero-order chi connectivity index (χ0) is 10.3. The van der Waals surface area contributed by atoms with Gasteiger partial charge >= 0.3 is 0 Å². The van der Waals surface area contributed by atoms with Crippen molar-refractivity contribution in [2.24, 2.45) is 0 Å². The van der Waals surface area contributed by atoms with Crippen LogP contribution < -0.4 is 0 Å². The zero-order valence-electron chi connectivity index (χ0n) is 8.49. The van der Waals surface area contributed by atoms with Gasteiger partial charge in [-0.3, -0.25) is 4.79 Å². The molecule has 0 fully saturated rings. The van der Waals surface area contributed by atoms with Gasteiger partial charge in [0, 0.05) is 5.56 Å². The predicted octanol–water partition coefficient (Wildman–Crippen LogP) is 3.14. The fourth-order valence-corrected chi connectivity index (χ4v) is 2.59. The maximum absolute atomic E-state index is 11.2. The standard InChI is InChI=1S/C14H12O/c15-9-14-12-6-2-1-4-10(12)8-11-5-3-7-13(11)14/h1-2,4,6,8-9H,3,5,7H2. The zero-order valence-corrected chi connectivity index (χ0v) is 8.49. The van der Waals surface area contributed by atoms with Crippen molar-refractivity contribution >= 4 is 17.1 Å². The van der Waals surface area contributed by atoms with Gasteiger partial charge in [0.25, 0.3) is 0 Å². The number of rotatable bonds is 1. The third-order valence-electron chi connectivity index (χ3n) is 3.28. The summed E-state index contributed by atoms with van der Waals surface area (Å²) < 4.78 is 0. The second kappa shape index (κ2) is 3.20. The molecular weight excluding hydrogens is 184 g/mol. The molecule has 0 bridgehead atoms. The molecule has 1 heteroatoms. The minimum atomic E-state index is 0.917. The van der Waals surface area contributed by atoms with Crippen LogP contribution in [0.3, 0.4) is 0 Å². The molecule has 0 spiro atoms. The molecule has 0 N–H and O–H groups in total. The van der Waals surface area contributed by atoms with Gasteiger partial charge in [0.1, 0.15) is 0 Å². The normalized spacial score (nSPS) is 14.1. The van der Waals surface area contributed by atoms with Crippen LogP contribution in [0.2, 0.25) is 0 Å². The van der Waals surface area contributed by atoms with E-state index in [0.717, 1.165) is 30.1 Å². The second-order valence-electron chi connectivity index (χ2n) is 4.12. The average molecular weight is 196 g/mol. The second-order valence-corrected chi connectivity index (χ2v) is 4.12. The molecule has 74 valence electrons. The van der Waals surface area contributed by atoms with E-state index in [-0.39, 0.29) is 0 Å². The summed E-state index contributed by atoms with van der Waals surface area (Å²) in [5, 5.41) is 2.30. The van der Waals surface area contributed by atoms with E-state index >= 15 is 0 Å². The van der Waals surface area contributed by atoms with Crippen molar-refractivity contribution in [3.63, 3.8) is 0 Å². The molecule has 0 amide bonds. The van der Waals surface area contributed by atoms with E-state index in [2.05, 4.69) is 12.1 Å². The Bertz CT molecular complexity index is 540. The number of carbonyl (C=O) groups is 1. The van der Waals surface area contributed by atoms with E-state index in [0.29, 0.717) is 0 Å². The Balaban J connectivity index is 2.46. The first-order valence-corrected chi connectivity index (χ1v) is 5.39. The van der Waals surface area contributed by atoms with Crippen molar-refractivity contribution in [2.45, 2.75) is 19.3 Å². The van der Waals surface area contributed by atoms with Crippen molar-refractivity contribution in [3.8, 4) is 0 Å². The molecule has 0 radical (unpaired) electrons. The van der Waals surface area contributed by atoms with E-state index in [1.54, 1.807) is 0 Å². The summed E-state index contributed by atoms with van der Waals surface area (Å²) in [6.07, 6.45) is 4.40. The van der Waals surface area contributed by atoms with E-state index in [1.807, 2.05) is 18.2 Å². The highest BCUT2D eigenvalue weighted by atomic mass is 16.1. The van der Waals surface area contributed by atoms with E-state index < -0.39 is 0 Å². The summed E-state index contributed by atoms with van der Waals surface area (Å²) in [6.45, 7) is 0. The minimum absolute atomic E-state index is 0.917. The number of aldehydes is 1. The Labute approximate surface area is 88.7 Å². The Kier molecular flexibility index (Phi) is 1.84. The molecule has 2 aromatic carbocycles. The molecule has 2 aromatic rings.